The Balaban J connectivity index is 1.74. The van der Waals surface area contributed by atoms with E-state index in [1.165, 1.54) is 12.1 Å². The molecule has 4 aromatic rings. The predicted octanol–water partition coefficient (Wildman–Crippen LogP) is 3.40. The second-order valence-electron chi connectivity index (χ2n) is 6.32. The van der Waals surface area contributed by atoms with E-state index in [0.717, 1.165) is 0 Å². The van der Waals surface area contributed by atoms with Crippen LogP contribution in [0.4, 0.5) is 27.5 Å². The molecule has 10 heteroatoms. The maximum Gasteiger partial charge on any atom is 0.231 e. The molecule has 8 nitrogen and oxygen atoms in total. The quantitative estimate of drug-likeness (QED) is 0.359. The highest BCUT2D eigenvalue weighted by molar-refractivity contribution is 7.71. The number of hydrogen-bond acceptors (Lipinski definition) is 7. The van der Waals surface area contributed by atoms with E-state index < -0.39 is 10.7 Å². The van der Waals surface area contributed by atoms with Gasteiger partial charge in [0.2, 0.25) is 5.95 Å². The summed E-state index contributed by atoms with van der Waals surface area (Å²) in [7, 11) is -2.58. The van der Waals surface area contributed by atoms with E-state index in [-0.39, 0.29) is 17.5 Å². The monoisotopic (exact) mass is 412 g/mol. The maximum absolute atomic E-state index is 13.1. The number of hydrogen-bond donors (Lipinski definition) is 4. The molecule has 0 atom stereocenters. The Hall–Kier alpha value is -3.53. The second kappa shape index (κ2) is 7.84. The van der Waals surface area contributed by atoms with Crippen LogP contribution in [0.2, 0.25) is 0 Å². The average molecular weight is 412 g/mol. The van der Waals surface area contributed by atoms with Crippen LogP contribution in [0, 0.1) is 12.7 Å². The summed E-state index contributed by atoms with van der Waals surface area (Å²) in [5.74, 6) is 0.923. The van der Waals surface area contributed by atoms with Crippen molar-refractivity contribution in [3.05, 3.63) is 65.7 Å². The Morgan fingerprint density at radius 2 is 1.76 bits per heavy atom. The van der Waals surface area contributed by atoms with Gasteiger partial charge in [0.05, 0.1) is 5.75 Å². The van der Waals surface area contributed by atoms with Crippen LogP contribution in [0.25, 0.3) is 11.2 Å². The minimum absolute atomic E-state index is 0.0903. The van der Waals surface area contributed by atoms with Crippen LogP contribution in [0.15, 0.2) is 48.5 Å². The summed E-state index contributed by atoms with van der Waals surface area (Å²) < 4.78 is 35.5. The second-order valence-corrected chi connectivity index (χ2v) is 7.30. The molecule has 2 heterocycles. The third kappa shape index (κ3) is 4.32. The van der Waals surface area contributed by atoms with Crippen molar-refractivity contribution in [3.63, 3.8) is 0 Å². The Morgan fingerprint density at radius 1 is 1.00 bits per heavy atom. The summed E-state index contributed by atoms with van der Waals surface area (Å²) in [6.45, 7) is 1.80. The lowest BCUT2D eigenvalue weighted by atomic mass is 10.2. The molecule has 2 aromatic heterocycles. The lowest BCUT2D eigenvalue weighted by molar-refractivity contribution is 0.614. The molecule has 0 amide bonds. The van der Waals surface area contributed by atoms with Crippen LogP contribution in [-0.4, -0.2) is 28.4 Å². The van der Waals surface area contributed by atoms with E-state index in [0.29, 0.717) is 39.7 Å². The number of aromatic amines is 1. The van der Waals surface area contributed by atoms with Gasteiger partial charge in [0.25, 0.3) is 0 Å². The number of H-pyrrole nitrogens is 1. The Labute approximate surface area is 167 Å². The average Bonchev–Trinajstić information content (AvgIpc) is 3.05. The molecule has 2 aromatic carbocycles. The number of imidazole rings is 1. The molecule has 4 rings (SSSR count). The zero-order valence-electron chi connectivity index (χ0n) is 15.3. The van der Waals surface area contributed by atoms with Crippen molar-refractivity contribution in [1.82, 2.24) is 19.9 Å². The number of nitrogens with one attached hydrogen (secondary N) is 3. The van der Waals surface area contributed by atoms with Crippen molar-refractivity contribution in [1.29, 1.82) is 0 Å². The van der Waals surface area contributed by atoms with E-state index >= 15 is 0 Å². The molecule has 0 saturated carbocycles. The minimum Gasteiger partial charge on any atom is -0.338 e. The lowest BCUT2D eigenvalue weighted by Crippen LogP contribution is -2.04. The molecule has 0 bridgehead atoms. The smallest absolute Gasteiger partial charge is 0.231 e. The normalized spacial score (nSPS) is 11.1. The van der Waals surface area contributed by atoms with E-state index in [1.54, 1.807) is 43.3 Å². The van der Waals surface area contributed by atoms with Crippen molar-refractivity contribution < 1.29 is 12.8 Å². The summed E-state index contributed by atoms with van der Waals surface area (Å²) in [4.78, 5) is 16.4. The zero-order valence-corrected chi connectivity index (χ0v) is 16.2. The first-order valence-electron chi connectivity index (χ1n) is 8.71. The number of halogens is 1. The van der Waals surface area contributed by atoms with Gasteiger partial charge in [0.15, 0.2) is 17.0 Å². The van der Waals surface area contributed by atoms with Gasteiger partial charge < -0.3 is 15.6 Å². The highest BCUT2D eigenvalue weighted by Gasteiger charge is 2.14. The highest BCUT2D eigenvalue weighted by atomic mass is 32.2. The molecule has 0 unspecified atom stereocenters. The molecule has 0 fully saturated rings. The van der Waals surface area contributed by atoms with Crippen molar-refractivity contribution in [3.8, 4) is 0 Å². The highest BCUT2D eigenvalue weighted by Crippen LogP contribution is 2.27. The summed E-state index contributed by atoms with van der Waals surface area (Å²) in [6, 6.07) is 12.9. The first-order valence-corrected chi connectivity index (χ1v) is 10.1. The number of nitrogens with zero attached hydrogens (tertiary/aromatic N) is 3. The summed E-state index contributed by atoms with van der Waals surface area (Å²) in [5.41, 5.74) is 2.89. The number of rotatable bonds is 6. The Morgan fingerprint density at radius 3 is 2.52 bits per heavy atom. The molecule has 29 heavy (non-hydrogen) atoms. The Bertz CT molecular complexity index is 1250. The van der Waals surface area contributed by atoms with Crippen LogP contribution < -0.4 is 10.6 Å². The SMILES string of the molecule is Cc1nc2c(Nc3ccccc3C[SH](=O)=O)nc(Nc3ccc(F)cc3)nc2[nH]1. The summed E-state index contributed by atoms with van der Waals surface area (Å²) in [5, 5.41) is 6.20. The topological polar surface area (TPSA) is 113 Å². The Kier molecular flexibility index (Phi) is 5.09. The van der Waals surface area contributed by atoms with Crippen molar-refractivity contribution in [2.24, 2.45) is 0 Å². The van der Waals surface area contributed by atoms with Gasteiger partial charge in [-0.15, -0.1) is 0 Å². The first-order chi connectivity index (χ1) is 14.0. The van der Waals surface area contributed by atoms with Gasteiger partial charge in [-0.3, -0.25) is 0 Å². The van der Waals surface area contributed by atoms with Crippen molar-refractivity contribution in [2.45, 2.75) is 12.7 Å². The van der Waals surface area contributed by atoms with Gasteiger partial charge in [-0.05, 0) is 42.8 Å². The summed E-state index contributed by atoms with van der Waals surface area (Å²) >= 11 is 0. The summed E-state index contributed by atoms with van der Waals surface area (Å²) in [6.07, 6.45) is 0. The minimum atomic E-state index is -2.58. The molecule has 0 aliphatic rings. The lowest BCUT2D eigenvalue weighted by Gasteiger charge is -2.12. The van der Waals surface area contributed by atoms with Crippen LogP contribution in [0.5, 0.6) is 0 Å². The molecule has 148 valence electrons. The third-order valence-corrected chi connectivity index (χ3v) is 4.73. The molecule has 0 aliphatic heterocycles. The van der Waals surface area contributed by atoms with Crippen molar-refractivity contribution >= 4 is 45.0 Å². The zero-order chi connectivity index (χ0) is 20.4. The largest absolute Gasteiger partial charge is 0.338 e. The number of benzene rings is 2. The number of aryl methyl sites for hydroxylation is 1. The molecule has 0 radical (unpaired) electrons. The molecule has 0 aliphatic carbocycles. The maximum atomic E-state index is 13.1. The van der Waals surface area contributed by atoms with Gasteiger partial charge in [0.1, 0.15) is 22.3 Å². The first kappa shape index (κ1) is 18.8. The molecular formula is C19H17FN6O2S. The van der Waals surface area contributed by atoms with Gasteiger partial charge >= 0.3 is 0 Å². The number of para-hydroxylation sites is 1. The van der Waals surface area contributed by atoms with E-state index in [4.69, 9.17) is 0 Å². The van der Waals surface area contributed by atoms with E-state index in [1.807, 2.05) is 0 Å². The van der Waals surface area contributed by atoms with Crippen LogP contribution >= 0.6 is 0 Å². The molecule has 0 spiro atoms. The fourth-order valence-corrected chi connectivity index (χ4v) is 3.42. The van der Waals surface area contributed by atoms with Crippen LogP contribution in [0.1, 0.15) is 11.4 Å². The number of aromatic nitrogens is 4. The number of fused-ring (bicyclic) bond motifs is 1. The van der Waals surface area contributed by atoms with Crippen molar-refractivity contribution in [2.75, 3.05) is 10.6 Å². The fraction of sp³-hybridized carbons (Fsp3) is 0.105. The van der Waals surface area contributed by atoms with Crippen LogP contribution in [-0.2, 0) is 16.5 Å². The molecule has 3 N–H and O–H groups in total. The van der Waals surface area contributed by atoms with Gasteiger partial charge in [-0.2, -0.15) is 9.97 Å². The van der Waals surface area contributed by atoms with E-state index in [9.17, 15) is 12.8 Å². The van der Waals surface area contributed by atoms with Crippen LogP contribution in [0.3, 0.4) is 0 Å². The third-order valence-electron chi connectivity index (χ3n) is 4.13. The number of anilines is 4. The fourth-order valence-electron chi connectivity index (χ4n) is 2.87. The predicted molar refractivity (Wildman–Crippen MR) is 110 cm³/mol. The van der Waals surface area contributed by atoms with Gasteiger partial charge in [-0.1, -0.05) is 18.2 Å². The molecular weight excluding hydrogens is 395 g/mol. The number of thiol groups is 1. The van der Waals surface area contributed by atoms with Gasteiger partial charge in [0, 0.05) is 11.4 Å². The van der Waals surface area contributed by atoms with E-state index in [2.05, 4.69) is 30.6 Å². The van der Waals surface area contributed by atoms with Gasteiger partial charge in [-0.25, -0.2) is 17.8 Å². The standard InChI is InChI=1S/C19H17FN6O2S/c1-11-21-16-17(22-11)25-19(23-14-8-6-13(20)7-9-14)26-18(16)24-15-5-3-2-4-12(15)10-29(27)28/h2-9,29H,10H2,1H3,(H3,21,22,23,24,25,26). The molecule has 0 saturated heterocycles.